The average molecular weight is 510 g/mol. The van der Waals surface area contributed by atoms with Gasteiger partial charge in [0.25, 0.3) is 5.92 Å². The van der Waals surface area contributed by atoms with Crippen LogP contribution in [0.5, 0.6) is 5.75 Å². The number of hydrogen-bond donors (Lipinski definition) is 1. The van der Waals surface area contributed by atoms with Gasteiger partial charge in [0.2, 0.25) is 0 Å². The molecule has 0 amide bonds. The third-order valence-corrected chi connectivity index (χ3v) is 6.43. The minimum atomic E-state index is -2.61. The fourth-order valence-electron chi connectivity index (χ4n) is 4.75. The van der Waals surface area contributed by atoms with Crippen molar-refractivity contribution in [2.45, 2.75) is 65.1 Å². The molecule has 1 aliphatic heterocycles. The first-order valence-corrected chi connectivity index (χ1v) is 12.6. The zero-order valence-corrected chi connectivity index (χ0v) is 21.5. The molecule has 0 unspecified atom stereocenters. The number of nitrogens with zero attached hydrogens (tertiary/aromatic N) is 3. The van der Waals surface area contributed by atoms with E-state index in [1.807, 2.05) is 47.5 Å². The lowest BCUT2D eigenvalue weighted by Crippen LogP contribution is -2.24. The van der Waals surface area contributed by atoms with Gasteiger partial charge in [0, 0.05) is 37.6 Å². The van der Waals surface area contributed by atoms with Crippen LogP contribution in [-0.2, 0) is 24.5 Å². The van der Waals surface area contributed by atoms with Crippen LogP contribution in [0.15, 0.2) is 42.6 Å². The summed E-state index contributed by atoms with van der Waals surface area (Å²) in [6.45, 7) is 7.68. The van der Waals surface area contributed by atoms with Crippen molar-refractivity contribution in [1.82, 2.24) is 14.5 Å². The van der Waals surface area contributed by atoms with Crippen molar-refractivity contribution < 1.29 is 23.4 Å². The summed E-state index contributed by atoms with van der Waals surface area (Å²) < 4.78 is 35.5. The van der Waals surface area contributed by atoms with E-state index in [4.69, 9.17) is 14.8 Å². The predicted molar refractivity (Wildman–Crippen MR) is 139 cm³/mol. The van der Waals surface area contributed by atoms with E-state index in [1.165, 1.54) is 0 Å². The summed E-state index contributed by atoms with van der Waals surface area (Å²) >= 11 is 0. The first-order valence-electron chi connectivity index (χ1n) is 12.6. The molecule has 1 saturated heterocycles. The molecule has 1 atom stereocenters. The van der Waals surface area contributed by atoms with Crippen molar-refractivity contribution in [3.8, 4) is 17.6 Å². The van der Waals surface area contributed by atoms with Crippen LogP contribution >= 0.6 is 0 Å². The smallest absolute Gasteiger partial charge is 0.304 e. The third-order valence-electron chi connectivity index (χ3n) is 6.43. The maximum absolute atomic E-state index is 13.7. The molecule has 0 radical (unpaired) electrons. The number of aliphatic carboxylic acids is 1. The van der Waals surface area contributed by atoms with Gasteiger partial charge in [0.15, 0.2) is 0 Å². The number of fused-ring (bicyclic) bond motifs is 1. The second-order valence-corrected chi connectivity index (χ2v) is 10.1. The highest BCUT2D eigenvalue weighted by Gasteiger charge is 2.38. The maximum atomic E-state index is 13.7. The SMILES string of the molecule is CC#C[C@@H](CC(=O)O)c1ccc(OCc2ccc3c(CN4CCC(F)(F)C4)cn(CC(C)C)c3n2)cc1. The Labute approximate surface area is 216 Å². The molecule has 196 valence electrons. The van der Waals surface area contributed by atoms with Gasteiger partial charge in [-0.3, -0.25) is 9.69 Å². The second kappa shape index (κ2) is 11.3. The lowest BCUT2D eigenvalue weighted by Gasteiger charge is -2.14. The topological polar surface area (TPSA) is 67.6 Å². The molecular formula is C29H33F2N3O3. The summed E-state index contributed by atoms with van der Waals surface area (Å²) in [7, 11) is 0. The molecule has 2 aromatic heterocycles. The van der Waals surface area contributed by atoms with Crippen LogP contribution in [-0.4, -0.2) is 44.5 Å². The number of pyridine rings is 1. The molecule has 0 aliphatic carbocycles. The van der Waals surface area contributed by atoms with Crippen LogP contribution in [0.3, 0.4) is 0 Å². The number of carboxylic acid groups (broad SMARTS) is 1. The largest absolute Gasteiger partial charge is 0.487 e. The van der Waals surface area contributed by atoms with Crippen molar-refractivity contribution in [2.75, 3.05) is 13.1 Å². The third kappa shape index (κ3) is 6.86. The number of ether oxygens (including phenoxy) is 1. The van der Waals surface area contributed by atoms with E-state index in [1.54, 1.807) is 6.92 Å². The molecule has 1 fully saturated rings. The lowest BCUT2D eigenvalue weighted by atomic mass is 9.96. The Hall–Kier alpha value is -3.44. The monoisotopic (exact) mass is 509 g/mol. The molecule has 1 aromatic carbocycles. The van der Waals surface area contributed by atoms with Crippen molar-refractivity contribution in [2.24, 2.45) is 5.92 Å². The molecule has 0 bridgehead atoms. The second-order valence-electron chi connectivity index (χ2n) is 10.1. The minimum absolute atomic E-state index is 0.0524. The van der Waals surface area contributed by atoms with Gasteiger partial charge in [-0.1, -0.05) is 31.9 Å². The van der Waals surface area contributed by atoms with E-state index in [9.17, 15) is 13.6 Å². The van der Waals surface area contributed by atoms with Crippen molar-refractivity contribution in [1.29, 1.82) is 0 Å². The number of aromatic nitrogens is 2. The van der Waals surface area contributed by atoms with E-state index in [0.29, 0.717) is 24.8 Å². The molecule has 6 nitrogen and oxygen atoms in total. The molecule has 37 heavy (non-hydrogen) atoms. The van der Waals surface area contributed by atoms with Gasteiger partial charge < -0.3 is 14.4 Å². The zero-order valence-electron chi connectivity index (χ0n) is 21.5. The Morgan fingerprint density at radius 1 is 1.22 bits per heavy atom. The van der Waals surface area contributed by atoms with E-state index < -0.39 is 11.9 Å². The van der Waals surface area contributed by atoms with Crippen LogP contribution in [0.1, 0.15) is 56.4 Å². The molecule has 3 heterocycles. The van der Waals surface area contributed by atoms with Crippen LogP contribution in [0, 0.1) is 17.8 Å². The van der Waals surface area contributed by atoms with Crippen LogP contribution in [0.25, 0.3) is 11.0 Å². The number of likely N-dealkylation sites (tertiary alicyclic amines) is 1. The standard InChI is InChI=1S/C29H33F2N3O3/c1-4-5-22(14-27(35)36)21-6-9-25(10-7-21)37-18-24-8-11-26-23(16-33-13-12-29(30,31)19-33)17-34(15-20(2)3)28(26)32-24/h6-11,17,20,22H,12-16,18-19H2,1-3H3,(H,35,36)/t22-/m0/s1. The van der Waals surface area contributed by atoms with E-state index in [0.717, 1.165) is 34.4 Å². The van der Waals surface area contributed by atoms with E-state index >= 15 is 0 Å². The summed E-state index contributed by atoms with van der Waals surface area (Å²) in [4.78, 5) is 17.8. The highest BCUT2D eigenvalue weighted by molar-refractivity contribution is 5.80. The summed E-state index contributed by atoms with van der Waals surface area (Å²) in [5.41, 5.74) is 3.44. The summed E-state index contributed by atoms with van der Waals surface area (Å²) in [5, 5.41) is 10.1. The van der Waals surface area contributed by atoms with Gasteiger partial charge in [-0.05, 0) is 48.2 Å². The fraction of sp³-hybridized carbons (Fsp3) is 0.448. The Morgan fingerprint density at radius 3 is 2.59 bits per heavy atom. The normalized spacial score (nSPS) is 16.1. The minimum Gasteiger partial charge on any atom is -0.487 e. The van der Waals surface area contributed by atoms with E-state index in [-0.39, 0.29) is 31.9 Å². The molecule has 0 saturated carbocycles. The summed E-state index contributed by atoms with van der Waals surface area (Å²) in [5.74, 6) is 2.93. The number of rotatable bonds is 10. The van der Waals surface area contributed by atoms with Gasteiger partial charge in [-0.2, -0.15) is 0 Å². The number of benzene rings is 1. The summed E-state index contributed by atoms with van der Waals surface area (Å²) in [6, 6.07) is 11.2. The first kappa shape index (κ1) is 26.6. The molecule has 1 N–H and O–H groups in total. The van der Waals surface area contributed by atoms with Crippen LogP contribution < -0.4 is 4.74 Å². The highest BCUT2D eigenvalue weighted by atomic mass is 19.3. The van der Waals surface area contributed by atoms with Crippen molar-refractivity contribution in [3.63, 3.8) is 0 Å². The number of alkyl halides is 2. The number of halogens is 2. The highest BCUT2D eigenvalue weighted by Crippen LogP contribution is 2.30. The number of carbonyl (C=O) groups is 1. The van der Waals surface area contributed by atoms with Crippen LogP contribution in [0.4, 0.5) is 8.78 Å². The van der Waals surface area contributed by atoms with Crippen molar-refractivity contribution >= 4 is 17.0 Å². The number of carboxylic acids is 1. The van der Waals surface area contributed by atoms with Gasteiger partial charge in [0.1, 0.15) is 18.0 Å². The Balaban J connectivity index is 1.49. The molecule has 3 aromatic rings. The van der Waals surface area contributed by atoms with Gasteiger partial charge in [-0.25, -0.2) is 13.8 Å². The average Bonchev–Trinajstić information content (AvgIpc) is 3.35. The van der Waals surface area contributed by atoms with Gasteiger partial charge in [-0.15, -0.1) is 5.92 Å². The predicted octanol–water partition coefficient (Wildman–Crippen LogP) is 5.69. The van der Waals surface area contributed by atoms with Gasteiger partial charge >= 0.3 is 5.97 Å². The Kier molecular flexibility index (Phi) is 8.13. The molecule has 4 rings (SSSR count). The zero-order chi connectivity index (χ0) is 26.6. The fourth-order valence-corrected chi connectivity index (χ4v) is 4.75. The Morgan fingerprint density at radius 2 is 1.97 bits per heavy atom. The van der Waals surface area contributed by atoms with Crippen LogP contribution in [0.2, 0.25) is 0 Å². The summed E-state index contributed by atoms with van der Waals surface area (Å²) in [6.07, 6.45) is 1.90. The van der Waals surface area contributed by atoms with Gasteiger partial charge in [0.05, 0.1) is 24.6 Å². The van der Waals surface area contributed by atoms with E-state index in [2.05, 4.69) is 30.3 Å². The van der Waals surface area contributed by atoms with Crippen molar-refractivity contribution in [3.05, 3.63) is 59.4 Å². The number of hydrogen-bond acceptors (Lipinski definition) is 4. The molecule has 8 heteroatoms. The lowest BCUT2D eigenvalue weighted by molar-refractivity contribution is -0.137. The Bertz CT molecular complexity index is 1310. The molecular weight excluding hydrogens is 476 g/mol. The quantitative estimate of drug-likeness (QED) is 0.356. The first-order chi connectivity index (χ1) is 17.6. The molecule has 1 aliphatic rings. The maximum Gasteiger partial charge on any atom is 0.304 e. The molecule has 0 spiro atoms.